The first-order valence-corrected chi connectivity index (χ1v) is 10.7. The molecule has 0 aliphatic carbocycles. The number of hydrogen-bond donors (Lipinski definition) is 1. The maximum absolute atomic E-state index is 13.1. The van der Waals surface area contributed by atoms with Crippen molar-refractivity contribution in [2.75, 3.05) is 11.9 Å². The second-order valence-corrected chi connectivity index (χ2v) is 8.55. The average Bonchev–Trinajstić information content (AvgIpc) is 3.39. The Bertz CT molecular complexity index is 1190. The third kappa shape index (κ3) is 4.21. The van der Waals surface area contributed by atoms with Crippen LogP contribution < -0.4 is 5.32 Å². The molecule has 6 nitrogen and oxygen atoms in total. The first-order chi connectivity index (χ1) is 14.0. The molecular weight excluding hydrogens is 412 g/mol. The van der Waals surface area contributed by atoms with E-state index >= 15 is 0 Å². The van der Waals surface area contributed by atoms with Crippen molar-refractivity contribution in [3.05, 3.63) is 83.6 Å². The van der Waals surface area contributed by atoms with E-state index in [0.717, 1.165) is 5.56 Å². The van der Waals surface area contributed by atoms with E-state index in [1.807, 2.05) is 30.3 Å². The molecule has 148 valence electrons. The molecule has 0 radical (unpaired) electrons. The van der Waals surface area contributed by atoms with E-state index in [4.69, 9.17) is 20.4 Å². The smallest absolute Gasteiger partial charge is 0.266 e. The minimum atomic E-state index is -3.92. The van der Waals surface area contributed by atoms with Crippen molar-refractivity contribution < 1.29 is 17.3 Å². The summed E-state index contributed by atoms with van der Waals surface area (Å²) in [6, 6.07) is 19.1. The van der Waals surface area contributed by atoms with Gasteiger partial charge in [-0.3, -0.25) is 0 Å². The van der Waals surface area contributed by atoms with Gasteiger partial charge >= 0.3 is 0 Å². The van der Waals surface area contributed by atoms with E-state index in [9.17, 15) is 8.42 Å². The SMILES string of the molecule is O=S(=O)(c1ccc(Cl)cc1)c1nc(-c2ccco2)oc1NCCc1ccccc1. The summed E-state index contributed by atoms with van der Waals surface area (Å²) in [4.78, 5) is 4.28. The molecule has 29 heavy (non-hydrogen) atoms. The molecule has 0 fully saturated rings. The number of benzene rings is 2. The average molecular weight is 429 g/mol. The molecule has 4 aromatic rings. The lowest BCUT2D eigenvalue weighted by Crippen LogP contribution is -2.09. The van der Waals surface area contributed by atoms with Crippen LogP contribution in [0, 0.1) is 0 Å². The van der Waals surface area contributed by atoms with Crippen molar-refractivity contribution in [2.24, 2.45) is 0 Å². The quantitative estimate of drug-likeness (QED) is 0.442. The molecular formula is C21H17ClN2O4S. The van der Waals surface area contributed by atoms with Gasteiger partial charge in [0, 0.05) is 11.6 Å². The Kier molecular flexibility index (Phi) is 5.42. The van der Waals surface area contributed by atoms with Gasteiger partial charge < -0.3 is 14.2 Å². The first-order valence-electron chi connectivity index (χ1n) is 8.87. The van der Waals surface area contributed by atoms with E-state index in [1.54, 1.807) is 12.1 Å². The Hall–Kier alpha value is -3.03. The van der Waals surface area contributed by atoms with Gasteiger partial charge in [-0.25, -0.2) is 8.42 Å². The minimum Gasteiger partial charge on any atom is -0.459 e. The van der Waals surface area contributed by atoms with Gasteiger partial charge in [-0.05, 0) is 48.4 Å². The molecule has 0 saturated carbocycles. The molecule has 4 rings (SSSR count). The second-order valence-electron chi connectivity index (χ2n) is 6.25. The van der Waals surface area contributed by atoms with Crippen molar-refractivity contribution in [1.82, 2.24) is 4.98 Å². The predicted octanol–water partition coefficient (Wildman–Crippen LogP) is 5.08. The zero-order valence-corrected chi connectivity index (χ0v) is 16.8. The maximum atomic E-state index is 13.1. The zero-order valence-electron chi connectivity index (χ0n) is 15.2. The Morgan fingerprint density at radius 1 is 0.966 bits per heavy atom. The Balaban J connectivity index is 1.66. The van der Waals surface area contributed by atoms with Gasteiger partial charge in [0.2, 0.25) is 20.7 Å². The summed E-state index contributed by atoms with van der Waals surface area (Å²) < 4.78 is 37.3. The van der Waals surface area contributed by atoms with Gasteiger partial charge in [0.05, 0.1) is 11.2 Å². The highest BCUT2D eigenvalue weighted by molar-refractivity contribution is 7.91. The van der Waals surface area contributed by atoms with Crippen LogP contribution in [0.15, 0.2) is 91.7 Å². The Morgan fingerprint density at radius 2 is 1.72 bits per heavy atom. The largest absolute Gasteiger partial charge is 0.459 e. The molecule has 8 heteroatoms. The fraction of sp³-hybridized carbons (Fsp3) is 0.0952. The van der Waals surface area contributed by atoms with E-state index in [2.05, 4.69) is 10.3 Å². The van der Waals surface area contributed by atoms with Crippen LogP contribution in [-0.2, 0) is 16.3 Å². The van der Waals surface area contributed by atoms with Crippen LogP contribution in [0.1, 0.15) is 5.56 Å². The third-order valence-corrected chi connectivity index (χ3v) is 6.18. The van der Waals surface area contributed by atoms with E-state index in [-0.39, 0.29) is 21.7 Å². The lowest BCUT2D eigenvalue weighted by molar-refractivity contribution is 0.522. The van der Waals surface area contributed by atoms with Crippen LogP contribution in [0.2, 0.25) is 5.02 Å². The number of oxazole rings is 1. The summed E-state index contributed by atoms with van der Waals surface area (Å²) in [6.07, 6.45) is 2.16. The summed E-state index contributed by atoms with van der Waals surface area (Å²) >= 11 is 5.88. The zero-order chi connectivity index (χ0) is 20.3. The number of aromatic nitrogens is 1. The molecule has 0 spiro atoms. The Labute approximate surface area is 173 Å². The van der Waals surface area contributed by atoms with Gasteiger partial charge in [-0.1, -0.05) is 41.9 Å². The predicted molar refractivity (Wildman–Crippen MR) is 110 cm³/mol. The number of nitrogens with one attached hydrogen (secondary N) is 1. The number of anilines is 1. The summed E-state index contributed by atoms with van der Waals surface area (Å²) in [7, 11) is -3.92. The molecule has 0 atom stereocenters. The third-order valence-electron chi connectivity index (χ3n) is 4.25. The molecule has 0 bridgehead atoms. The van der Waals surface area contributed by atoms with Gasteiger partial charge in [-0.2, -0.15) is 4.98 Å². The van der Waals surface area contributed by atoms with Crippen LogP contribution in [0.25, 0.3) is 11.7 Å². The lowest BCUT2D eigenvalue weighted by atomic mass is 10.1. The fourth-order valence-corrected chi connectivity index (χ4v) is 4.20. The van der Waals surface area contributed by atoms with Crippen LogP contribution in [0.4, 0.5) is 5.88 Å². The first kappa shape index (κ1) is 19.3. The highest BCUT2D eigenvalue weighted by atomic mass is 35.5. The molecule has 2 heterocycles. The number of halogens is 1. The number of nitrogens with zero attached hydrogens (tertiary/aromatic N) is 1. The van der Waals surface area contributed by atoms with E-state index < -0.39 is 9.84 Å². The van der Waals surface area contributed by atoms with Crippen LogP contribution in [-0.4, -0.2) is 19.9 Å². The van der Waals surface area contributed by atoms with E-state index in [1.165, 1.54) is 30.5 Å². The van der Waals surface area contributed by atoms with Gasteiger partial charge in [0.1, 0.15) is 0 Å². The standard InChI is InChI=1S/C21H17ClN2O4S/c22-16-8-10-17(11-9-16)29(25,26)21-20(23-13-12-15-5-2-1-3-6-15)28-19(24-21)18-7-4-14-27-18/h1-11,14,23H,12-13H2. The number of furan rings is 1. The monoisotopic (exact) mass is 428 g/mol. The van der Waals surface area contributed by atoms with Crippen LogP contribution in [0.5, 0.6) is 0 Å². The van der Waals surface area contributed by atoms with Crippen LogP contribution in [0.3, 0.4) is 0 Å². The second kappa shape index (κ2) is 8.14. The van der Waals surface area contributed by atoms with Gasteiger partial charge in [-0.15, -0.1) is 0 Å². The molecule has 0 unspecified atom stereocenters. The number of rotatable bonds is 7. The summed E-state index contributed by atoms with van der Waals surface area (Å²) in [5.74, 6) is 0.501. The summed E-state index contributed by atoms with van der Waals surface area (Å²) in [5, 5.41) is 3.31. The maximum Gasteiger partial charge on any atom is 0.266 e. The summed E-state index contributed by atoms with van der Waals surface area (Å²) in [5.41, 5.74) is 1.12. The van der Waals surface area contributed by atoms with E-state index in [0.29, 0.717) is 23.7 Å². The van der Waals surface area contributed by atoms with Crippen molar-refractivity contribution in [3.63, 3.8) is 0 Å². The molecule has 0 aliphatic rings. The summed E-state index contributed by atoms with van der Waals surface area (Å²) in [6.45, 7) is 0.472. The molecule has 0 saturated heterocycles. The topological polar surface area (TPSA) is 85.3 Å². The molecule has 0 aliphatic heterocycles. The highest BCUT2D eigenvalue weighted by Crippen LogP contribution is 2.32. The molecule has 2 aromatic carbocycles. The van der Waals surface area contributed by atoms with Crippen molar-refractivity contribution in [1.29, 1.82) is 0 Å². The van der Waals surface area contributed by atoms with Crippen molar-refractivity contribution in [2.45, 2.75) is 16.3 Å². The fourth-order valence-electron chi connectivity index (χ4n) is 2.80. The molecule has 1 N–H and O–H groups in total. The van der Waals surface area contributed by atoms with Crippen LogP contribution >= 0.6 is 11.6 Å². The van der Waals surface area contributed by atoms with Gasteiger partial charge in [0.15, 0.2) is 5.76 Å². The number of hydrogen-bond acceptors (Lipinski definition) is 6. The number of sulfone groups is 1. The van der Waals surface area contributed by atoms with Crippen molar-refractivity contribution >= 4 is 27.3 Å². The molecule has 0 amide bonds. The normalized spacial score (nSPS) is 11.5. The minimum absolute atomic E-state index is 0.0716. The molecule has 2 aromatic heterocycles. The highest BCUT2D eigenvalue weighted by Gasteiger charge is 2.29. The Morgan fingerprint density at radius 3 is 2.41 bits per heavy atom. The van der Waals surface area contributed by atoms with Crippen molar-refractivity contribution in [3.8, 4) is 11.7 Å². The van der Waals surface area contributed by atoms with Gasteiger partial charge in [0.25, 0.3) is 5.89 Å². The lowest BCUT2D eigenvalue weighted by Gasteiger charge is -2.06.